The largest absolute Gasteiger partial charge is 0.322 e. The topological polar surface area (TPSA) is 78.9 Å². The van der Waals surface area contributed by atoms with E-state index in [1.165, 1.54) is 32.4 Å². The number of carbonyl (C=O) groups excluding carboxylic acids is 1. The third-order valence-electron chi connectivity index (χ3n) is 4.13. The van der Waals surface area contributed by atoms with E-state index < -0.39 is 15.9 Å². The fraction of sp³-hybridized carbons (Fsp3) is 0.316. The van der Waals surface area contributed by atoms with Gasteiger partial charge in [0.05, 0.1) is 12.1 Å². The van der Waals surface area contributed by atoms with Gasteiger partial charge in [-0.2, -0.15) is 0 Å². The zero-order chi connectivity index (χ0) is 20.9. The van der Waals surface area contributed by atoms with Gasteiger partial charge in [-0.05, 0) is 56.4 Å². The Balaban J connectivity index is 2.18. The number of rotatable bonds is 8. The molecule has 0 radical (unpaired) electrons. The Bertz CT molecular complexity index is 931. The van der Waals surface area contributed by atoms with E-state index in [1.807, 2.05) is 38.4 Å². The number of hydrogen-bond acceptors (Lipinski definition) is 5. The lowest BCUT2D eigenvalue weighted by molar-refractivity contribution is -0.0258. The smallest absolute Gasteiger partial charge is 0.266 e. The van der Waals surface area contributed by atoms with Crippen molar-refractivity contribution in [2.24, 2.45) is 0 Å². The number of amides is 1. The highest BCUT2D eigenvalue weighted by atomic mass is 35.5. The van der Waals surface area contributed by atoms with Gasteiger partial charge < -0.3 is 10.2 Å². The fourth-order valence-corrected chi connectivity index (χ4v) is 3.86. The van der Waals surface area contributed by atoms with Crippen LogP contribution in [0.15, 0.2) is 47.4 Å². The number of halogens is 1. The molecule has 0 spiro atoms. The van der Waals surface area contributed by atoms with Crippen molar-refractivity contribution in [2.45, 2.75) is 11.3 Å². The zero-order valence-electron chi connectivity index (χ0n) is 16.3. The van der Waals surface area contributed by atoms with Crippen molar-refractivity contribution < 1.29 is 18.0 Å². The van der Waals surface area contributed by atoms with E-state index >= 15 is 0 Å². The standard InChI is InChI=1S/C19H24ClN3O4S/c1-22(2)12-11-14-5-8-16(9-6-14)21-19(24)15-7-10-17(20)18(13-15)28(25,26)23(3)27-4/h5-10,13H,11-12H2,1-4H3,(H,21,24). The lowest BCUT2D eigenvalue weighted by atomic mass is 10.1. The Kier molecular flexibility index (Phi) is 7.56. The van der Waals surface area contributed by atoms with Gasteiger partial charge in [-0.25, -0.2) is 8.42 Å². The van der Waals surface area contributed by atoms with Crippen LogP contribution in [0.3, 0.4) is 0 Å². The predicted octanol–water partition coefficient (Wildman–Crippen LogP) is 2.88. The summed E-state index contributed by atoms with van der Waals surface area (Å²) in [4.78, 5) is 19.2. The highest BCUT2D eigenvalue weighted by Gasteiger charge is 2.25. The monoisotopic (exact) mass is 425 g/mol. The summed E-state index contributed by atoms with van der Waals surface area (Å²) in [6.45, 7) is 0.934. The van der Waals surface area contributed by atoms with E-state index in [2.05, 4.69) is 10.2 Å². The first-order valence-electron chi connectivity index (χ1n) is 8.52. The Morgan fingerprint density at radius 3 is 2.32 bits per heavy atom. The minimum absolute atomic E-state index is 0.00527. The summed E-state index contributed by atoms with van der Waals surface area (Å²) in [6, 6.07) is 11.6. The molecule has 152 valence electrons. The van der Waals surface area contributed by atoms with Crippen molar-refractivity contribution in [1.82, 2.24) is 9.37 Å². The molecule has 0 heterocycles. The first-order valence-corrected chi connectivity index (χ1v) is 10.3. The van der Waals surface area contributed by atoms with E-state index in [1.54, 1.807) is 0 Å². The SMILES string of the molecule is CON(C)S(=O)(=O)c1cc(C(=O)Nc2ccc(CCN(C)C)cc2)ccc1Cl. The average Bonchev–Trinajstić information content (AvgIpc) is 2.66. The maximum atomic E-state index is 12.5. The van der Waals surface area contributed by atoms with Gasteiger partial charge in [-0.15, -0.1) is 0 Å². The molecule has 1 amide bonds. The summed E-state index contributed by atoms with van der Waals surface area (Å²) in [5, 5.41) is 2.76. The number of nitrogens with one attached hydrogen (secondary N) is 1. The van der Waals surface area contributed by atoms with Crippen LogP contribution in [0.2, 0.25) is 5.02 Å². The van der Waals surface area contributed by atoms with Crippen LogP contribution in [0.1, 0.15) is 15.9 Å². The van der Waals surface area contributed by atoms with Crippen LogP contribution in [-0.4, -0.2) is 58.5 Å². The molecule has 1 N–H and O–H groups in total. The van der Waals surface area contributed by atoms with Crippen molar-refractivity contribution in [3.63, 3.8) is 0 Å². The molecule has 0 aliphatic carbocycles. The molecule has 0 bridgehead atoms. The number of sulfonamides is 1. The van der Waals surface area contributed by atoms with E-state index in [4.69, 9.17) is 16.4 Å². The normalized spacial score (nSPS) is 11.8. The van der Waals surface area contributed by atoms with Gasteiger partial charge in [-0.1, -0.05) is 28.2 Å². The zero-order valence-corrected chi connectivity index (χ0v) is 17.8. The summed E-state index contributed by atoms with van der Waals surface area (Å²) < 4.78 is 25.6. The van der Waals surface area contributed by atoms with Crippen LogP contribution in [0.25, 0.3) is 0 Å². The Morgan fingerprint density at radius 1 is 1.11 bits per heavy atom. The molecule has 28 heavy (non-hydrogen) atoms. The number of likely N-dealkylation sites (N-methyl/N-ethyl adjacent to an activating group) is 1. The molecule has 0 saturated heterocycles. The molecule has 9 heteroatoms. The van der Waals surface area contributed by atoms with Crippen LogP contribution in [-0.2, 0) is 21.3 Å². The molecule has 7 nitrogen and oxygen atoms in total. The van der Waals surface area contributed by atoms with Crippen molar-refractivity contribution in [3.05, 3.63) is 58.6 Å². The summed E-state index contributed by atoms with van der Waals surface area (Å²) in [5.74, 6) is -0.436. The first kappa shape index (κ1) is 22.3. The third-order valence-corrected chi connectivity index (χ3v) is 6.29. The van der Waals surface area contributed by atoms with Crippen LogP contribution in [0.5, 0.6) is 0 Å². The van der Waals surface area contributed by atoms with Gasteiger partial charge in [0.1, 0.15) is 4.90 Å². The van der Waals surface area contributed by atoms with Crippen LogP contribution in [0, 0.1) is 0 Å². The minimum atomic E-state index is -3.97. The molecule has 0 aromatic heterocycles. The third kappa shape index (κ3) is 5.52. The van der Waals surface area contributed by atoms with E-state index in [0.29, 0.717) is 10.2 Å². The molecular formula is C19H24ClN3O4S. The van der Waals surface area contributed by atoms with Gasteiger partial charge >= 0.3 is 0 Å². The van der Waals surface area contributed by atoms with Gasteiger partial charge in [0.15, 0.2) is 0 Å². The summed E-state index contributed by atoms with van der Waals surface area (Å²) in [7, 11) is 2.53. The van der Waals surface area contributed by atoms with Gasteiger partial charge in [0.2, 0.25) is 0 Å². The van der Waals surface area contributed by atoms with E-state index in [9.17, 15) is 13.2 Å². The van der Waals surface area contributed by atoms with Crippen LogP contribution >= 0.6 is 11.6 Å². The Labute approximate surface area is 170 Å². The summed E-state index contributed by atoms with van der Waals surface area (Å²) >= 11 is 6.02. The number of hydrogen-bond donors (Lipinski definition) is 1. The van der Waals surface area contributed by atoms with Crippen molar-refractivity contribution in [2.75, 3.05) is 40.1 Å². The molecule has 2 aromatic rings. The van der Waals surface area contributed by atoms with Crippen LogP contribution in [0.4, 0.5) is 5.69 Å². The number of hydroxylamine groups is 1. The molecule has 0 aliphatic heterocycles. The second-order valence-corrected chi connectivity index (χ2v) is 8.76. The second-order valence-electron chi connectivity index (χ2n) is 6.45. The fourth-order valence-electron chi connectivity index (χ4n) is 2.39. The maximum absolute atomic E-state index is 12.5. The number of benzene rings is 2. The van der Waals surface area contributed by atoms with Crippen molar-refractivity contribution >= 4 is 33.2 Å². The lowest BCUT2D eigenvalue weighted by Gasteiger charge is -2.16. The first-order chi connectivity index (χ1) is 13.1. The van der Waals surface area contributed by atoms with Crippen molar-refractivity contribution in [3.8, 4) is 0 Å². The molecule has 2 aromatic carbocycles. The number of anilines is 1. The maximum Gasteiger partial charge on any atom is 0.266 e. The predicted molar refractivity (Wildman–Crippen MR) is 110 cm³/mol. The summed E-state index contributed by atoms with van der Waals surface area (Å²) in [5.41, 5.74) is 1.95. The molecular weight excluding hydrogens is 402 g/mol. The quantitative estimate of drug-likeness (QED) is 0.658. The molecule has 0 saturated carbocycles. The van der Waals surface area contributed by atoms with E-state index in [0.717, 1.165) is 18.5 Å². The van der Waals surface area contributed by atoms with Crippen molar-refractivity contribution in [1.29, 1.82) is 0 Å². The highest BCUT2D eigenvalue weighted by molar-refractivity contribution is 7.89. The molecule has 0 aliphatic rings. The van der Waals surface area contributed by atoms with Gasteiger partial charge in [0.25, 0.3) is 15.9 Å². The van der Waals surface area contributed by atoms with Gasteiger partial charge in [-0.3, -0.25) is 9.63 Å². The van der Waals surface area contributed by atoms with Gasteiger partial charge in [0, 0.05) is 24.8 Å². The highest BCUT2D eigenvalue weighted by Crippen LogP contribution is 2.26. The average molecular weight is 426 g/mol. The number of nitrogens with zero attached hydrogens (tertiary/aromatic N) is 2. The minimum Gasteiger partial charge on any atom is -0.322 e. The molecule has 2 rings (SSSR count). The second kappa shape index (κ2) is 9.49. The molecule has 0 unspecified atom stereocenters. The number of carbonyl (C=O) groups is 1. The Morgan fingerprint density at radius 2 is 1.75 bits per heavy atom. The molecule has 0 fully saturated rings. The Hall–Kier alpha value is -1.97. The summed E-state index contributed by atoms with van der Waals surface area (Å²) in [6.07, 6.45) is 0.909. The van der Waals surface area contributed by atoms with E-state index in [-0.39, 0.29) is 15.5 Å². The molecule has 0 atom stereocenters. The van der Waals surface area contributed by atoms with Crippen LogP contribution < -0.4 is 5.32 Å². The lowest BCUT2D eigenvalue weighted by Crippen LogP contribution is -2.26.